The maximum Gasteiger partial charge on any atom is 0.332 e. The molecular weight excluding hydrogens is 341 g/mol. The standard InChI is InChI=1S/C17H20FN5O3/c1-21-14-13(15(25)22(2)17(21)26)23(16(20-14)19-7-4-8-24)10-11-5-3-6-12(18)9-11/h3,5-6,9,24H,4,7-8,10H2,1-2H3,(H,19,20). The van der Waals surface area contributed by atoms with Crippen LogP contribution in [-0.4, -0.2) is 36.9 Å². The highest BCUT2D eigenvalue weighted by Gasteiger charge is 2.19. The minimum Gasteiger partial charge on any atom is -0.396 e. The first kappa shape index (κ1) is 17.9. The van der Waals surface area contributed by atoms with Gasteiger partial charge in [0.1, 0.15) is 5.82 Å². The van der Waals surface area contributed by atoms with Crippen molar-refractivity contribution in [1.29, 1.82) is 0 Å². The molecule has 0 atom stereocenters. The van der Waals surface area contributed by atoms with E-state index in [-0.39, 0.29) is 30.1 Å². The average Bonchev–Trinajstić information content (AvgIpc) is 2.97. The minimum atomic E-state index is -0.472. The molecule has 2 heterocycles. The highest BCUT2D eigenvalue weighted by Crippen LogP contribution is 2.18. The molecule has 9 heteroatoms. The summed E-state index contributed by atoms with van der Waals surface area (Å²) >= 11 is 0. The van der Waals surface area contributed by atoms with Crippen LogP contribution in [-0.2, 0) is 20.6 Å². The molecule has 0 amide bonds. The molecule has 8 nitrogen and oxygen atoms in total. The number of aromatic nitrogens is 4. The summed E-state index contributed by atoms with van der Waals surface area (Å²) in [6.07, 6.45) is 0.500. The SMILES string of the molecule is Cn1c(=O)c2c(nc(NCCCO)n2Cc2cccc(F)c2)n(C)c1=O. The number of hydrogen-bond acceptors (Lipinski definition) is 5. The zero-order valence-corrected chi connectivity index (χ0v) is 14.6. The fraction of sp³-hybridized carbons (Fsp3) is 0.353. The van der Waals surface area contributed by atoms with Crippen LogP contribution in [0.5, 0.6) is 0 Å². The molecule has 0 fully saturated rings. The largest absolute Gasteiger partial charge is 0.396 e. The van der Waals surface area contributed by atoms with Crippen LogP contribution in [0.3, 0.4) is 0 Å². The molecular formula is C17H20FN5O3. The van der Waals surface area contributed by atoms with Crippen molar-refractivity contribution >= 4 is 17.1 Å². The van der Waals surface area contributed by atoms with Gasteiger partial charge in [0.25, 0.3) is 5.56 Å². The highest BCUT2D eigenvalue weighted by molar-refractivity contribution is 5.74. The first-order chi connectivity index (χ1) is 12.4. The summed E-state index contributed by atoms with van der Waals surface area (Å²) in [5.41, 5.74) is 0.221. The molecule has 138 valence electrons. The summed E-state index contributed by atoms with van der Waals surface area (Å²) in [5.74, 6) is 0.0121. The Bertz CT molecular complexity index is 1070. The zero-order valence-electron chi connectivity index (χ0n) is 14.6. The van der Waals surface area contributed by atoms with Gasteiger partial charge >= 0.3 is 5.69 Å². The molecule has 0 aliphatic carbocycles. The van der Waals surface area contributed by atoms with Gasteiger partial charge in [0, 0.05) is 27.2 Å². The second kappa shape index (κ2) is 7.12. The number of benzene rings is 1. The van der Waals surface area contributed by atoms with E-state index in [1.807, 2.05) is 0 Å². The lowest BCUT2D eigenvalue weighted by atomic mass is 10.2. The Morgan fingerprint density at radius 3 is 2.69 bits per heavy atom. The van der Waals surface area contributed by atoms with E-state index < -0.39 is 11.2 Å². The first-order valence-electron chi connectivity index (χ1n) is 8.19. The van der Waals surface area contributed by atoms with Gasteiger partial charge in [-0.25, -0.2) is 9.18 Å². The summed E-state index contributed by atoms with van der Waals surface area (Å²) < 4.78 is 17.5. The maximum absolute atomic E-state index is 13.5. The molecule has 0 aliphatic heterocycles. The summed E-state index contributed by atoms with van der Waals surface area (Å²) in [6, 6.07) is 6.07. The van der Waals surface area contributed by atoms with Crippen molar-refractivity contribution in [2.45, 2.75) is 13.0 Å². The van der Waals surface area contributed by atoms with Gasteiger partial charge in [-0.05, 0) is 24.1 Å². The van der Waals surface area contributed by atoms with E-state index in [2.05, 4.69) is 10.3 Å². The lowest BCUT2D eigenvalue weighted by Gasteiger charge is -2.11. The van der Waals surface area contributed by atoms with Crippen LogP contribution >= 0.6 is 0 Å². The number of fused-ring (bicyclic) bond motifs is 1. The number of hydrogen-bond donors (Lipinski definition) is 2. The molecule has 0 radical (unpaired) electrons. The molecule has 26 heavy (non-hydrogen) atoms. The summed E-state index contributed by atoms with van der Waals surface area (Å²) in [7, 11) is 2.95. The number of aliphatic hydroxyl groups is 1. The molecule has 0 saturated heterocycles. The number of nitrogens with zero attached hydrogens (tertiary/aromatic N) is 4. The minimum absolute atomic E-state index is 0.0113. The number of aliphatic hydroxyl groups excluding tert-OH is 1. The van der Waals surface area contributed by atoms with Gasteiger partial charge in [0.05, 0.1) is 6.54 Å². The van der Waals surface area contributed by atoms with Crippen LogP contribution in [0.1, 0.15) is 12.0 Å². The molecule has 1 aromatic carbocycles. The number of anilines is 1. The van der Waals surface area contributed by atoms with E-state index in [0.29, 0.717) is 24.5 Å². The third kappa shape index (κ3) is 3.13. The average molecular weight is 361 g/mol. The Labute approximate surface area is 148 Å². The summed E-state index contributed by atoms with van der Waals surface area (Å²) in [6.45, 7) is 0.664. The van der Waals surface area contributed by atoms with Gasteiger partial charge in [-0.15, -0.1) is 0 Å². The van der Waals surface area contributed by atoms with Crippen molar-refractivity contribution in [3.05, 3.63) is 56.5 Å². The van der Waals surface area contributed by atoms with Crippen molar-refractivity contribution in [2.75, 3.05) is 18.5 Å². The van der Waals surface area contributed by atoms with E-state index in [4.69, 9.17) is 5.11 Å². The first-order valence-corrected chi connectivity index (χ1v) is 8.19. The van der Waals surface area contributed by atoms with Crippen LogP contribution in [0, 0.1) is 5.82 Å². The lowest BCUT2D eigenvalue weighted by molar-refractivity contribution is 0.292. The summed E-state index contributed by atoms with van der Waals surface area (Å²) in [5, 5.41) is 12.0. The molecule has 0 aliphatic rings. The van der Waals surface area contributed by atoms with Gasteiger partial charge in [-0.1, -0.05) is 12.1 Å². The summed E-state index contributed by atoms with van der Waals surface area (Å²) in [4.78, 5) is 29.2. The second-order valence-corrected chi connectivity index (χ2v) is 6.03. The Morgan fingerprint density at radius 1 is 1.23 bits per heavy atom. The topological polar surface area (TPSA) is 94.1 Å². The van der Waals surface area contributed by atoms with Crippen LogP contribution in [0.15, 0.2) is 33.9 Å². The van der Waals surface area contributed by atoms with Crippen molar-refractivity contribution in [3.63, 3.8) is 0 Å². The highest BCUT2D eigenvalue weighted by atomic mass is 19.1. The molecule has 0 saturated carbocycles. The predicted molar refractivity (Wildman–Crippen MR) is 95.9 cm³/mol. The third-order valence-electron chi connectivity index (χ3n) is 4.20. The molecule has 2 N–H and O–H groups in total. The number of rotatable bonds is 6. The molecule has 0 unspecified atom stereocenters. The zero-order chi connectivity index (χ0) is 18.8. The number of aryl methyl sites for hydroxylation is 1. The monoisotopic (exact) mass is 361 g/mol. The lowest BCUT2D eigenvalue weighted by Crippen LogP contribution is -2.37. The van der Waals surface area contributed by atoms with Gasteiger partial charge in [-0.2, -0.15) is 4.98 Å². The Kier molecular flexibility index (Phi) is 4.90. The molecule has 3 rings (SSSR count). The maximum atomic E-state index is 13.5. The predicted octanol–water partition coefficient (Wildman–Crippen LogP) is 0.415. The van der Waals surface area contributed by atoms with Gasteiger partial charge in [0.2, 0.25) is 5.95 Å². The fourth-order valence-electron chi connectivity index (χ4n) is 2.83. The van der Waals surface area contributed by atoms with E-state index in [9.17, 15) is 14.0 Å². The third-order valence-corrected chi connectivity index (χ3v) is 4.20. The van der Waals surface area contributed by atoms with E-state index in [1.165, 1.54) is 23.7 Å². The van der Waals surface area contributed by atoms with Crippen LogP contribution in [0.25, 0.3) is 11.2 Å². The molecule has 2 aromatic heterocycles. The molecule has 3 aromatic rings. The van der Waals surface area contributed by atoms with Crippen LogP contribution < -0.4 is 16.6 Å². The normalized spacial score (nSPS) is 11.2. The van der Waals surface area contributed by atoms with Gasteiger partial charge < -0.3 is 10.4 Å². The van der Waals surface area contributed by atoms with Gasteiger partial charge in [0.15, 0.2) is 11.2 Å². The van der Waals surface area contributed by atoms with Gasteiger partial charge in [-0.3, -0.25) is 18.5 Å². The Hall–Kier alpha value is -2.94. The van der Waals surface area contributed by atoms with Crippen molar-refractivity contribution in [2.24, 2.45) is 14.1 Å². The smallest absolute Gasteiger partial charge is 0.332 e. The number of imidazole rings is 1. The van der Waals surface area contributed by atoms with Crippen molar-refractivity contribution in [3.8, 4) is 0 Å². The Balaban J connectivity index is 2.21. The van der Waals surface area contributed by atoms with Crippen LogP contribution in [0.2, 0.25) is 0 Å². The van der Waals surface area contributed by atoms with Crippen LogP contribution in [0.4, 0.5) is 10.3 Å². The van der Waals surface area contributed by atoms with E-state index >= 15 is 0 Å². The quantitative estimate of drug-likeness (QED) is 0.621. The number of halogens is 1. The van der Waals surface area contributed by atoms with Crippen molar-refractivity contribution in [1.82, 2.24) is 18.7 Å². The van der Waals surface area contributed by atoms with Crippen molar-refractivity contribution < 1.29 is 9.50 Å². The van der Waals surface area contributed by atoms with E-state index in [0.717, 1.165) is 4.57 Å². The second-order valence-electron chi connectivity index (χ2n) is 6.03. The Morgan fingerprint density at radius 2 is 2.00 bits per heavy atom. The molecule has 0 bridgehead atoms. The number of nitrogens with one attached hydrogen (secondary N) is 1. The molecule has 0 spiro atoms. The fourth-order valence-corrected chi connectivity index (χ4v) is 2.83. The van der Waals surface area contributed by atoms with E-state index in [1.54, 1.807) is 23.7 Å².